The van der Waals surface area contributed by atoms with E-state index >= 15 is 0 Å². The summed E-state index contributed by atoms with van der Waals surface area (Å²) in [7, 11) is -2.31. The Morgan fingerprint density at radius 2 is 1.70 bits per heavy atom. The second-order valence-corrected chi connectivity index (χ2v) is 7.39. The molecule has 0 aromatic heterocycles. The van der Waals surface area contributed by atoms with E-state index < -0.39 is 22.5 Å². The van der Waals surface area contributed by atoms with Crippen LogP contribution in [0.15, 0.2) is 53.4 Å². The molecular weight excluding hydrogens is 370 g/mol. The van der Waals surface area contributed by atoms with Gasteiger partial charge in [0.1, 0.15) is 5.75 Å². The van der Waals surface area contributed by atoms with Gasteiger partial charge in [-0.25, -0.2) is 13.1 Å². The molecule has 0 saturated carbocycles. The van der Waals surface area contributed by atoms with Crippen LogP contribution in [0.2, 0.25) is 0 Å². The molecule has 27 heavy (non-hydrogen) atoms. The summed E-state index contributed by atoms with van der Waals surface area (Å²) in [6, 6.07) is 12.8. The van der Waals surface area contributed by atoms with Crippen molar-refractivity contribution < 1.29 is 22.7 Å². The molecule has 144 valence electrons. The molecule has 0 heterocycles. The fourth-order valence-corrected chi connectivity index (χ4v) is 3.25. The van der Waals surface area contributed by atoms with Crippen LogP contribution in [0.1, 0.15) is 12.5 Å². The van der Waals surface area contributed by atoms with E-state index in [2.05, 4.69) is 15.4 Å². The zero-order chi connectivity index (χ0) is 19.9. The Labute approximate surface area is 158 Å². The molecule has 0 radical (unpaired) electrons. The summed E-state index contributed by atoms with van der Waals surface area (Å²) in [5, 5.41) is 5.18. The quantitative estimate of drug-likeness (QED) is 0.627. The number of para-hydroxylation sites is 1. The van der Waals surface area contributed by atoms with Gasteiger partial charge >= 0.3 is 0 Å². The van der Waals surface area contributed by atoms with Gasteiger partial charge in [-0.1, -0.05) is 18.2 Å². The second kappa shape index (κ2) is 9.15. The molecule has 0 aliphatic carbocycles. The van der Waals surface area contributed by atoms with Crippen molar-refractivity contribution >= 4 is 27.5 Å². The summed E-state index contributed by atoms with van der Waals surface area (Å²) in [6.07, 6.45) is 0. The molecule has 9 heteroatoms. The van der Waals surface area contributed by atoms with Gasteiger partial charge in [0.2, 0.25) is 21.8 Å². The Hall–Kier alpha value is -2.91. The van der Waals surface area contributed by atoms with Crippen molar-refractivity contribution in [3.8, 4) is 5.75 Å². The van der Waals surface area contributed by atoms with E-state index in [4.69, 9.17) is 4.74 Å². The van der Waals surface area contributed by atoms with Crippen molar-refractivity contribution in [2.75, 3.05) is 19.0 Å². The molecule has 2 aromatic carbocycles. The summed E-state index contributed by atoms with van der Waals surface area (Å²) < 4.78 is 31.9. The lowest BCUT2D eigenvalue weighted by Gasteiger charge is -2.10. The maximum absolute atomic E-state index is 12.2. The van der Waals surface area contributed by atoms with Crippen LogP contribution in [-0.4, -0.2) is 33.9 Å². The summed E-state index contributed by atoms with van der Waals surface area (Å²) in [6.45, 7) is 1.18. The highest BCUT2D eigenvalue weighted by atomic mass is 32.2. The molecule has 0 atom stereocenters. The van der Waals surface area contributed by atoms with Gasteiger partial charge < -0.3 is 15.4 Å². The molecule has 0 spiro atoms. The number of benzene rings is 2. The van der Waals surface area contributed by atoms with Crippen LogP contribution >= 0.6 is 0 Å². The maximum Gasteiger partial charge on any atom is 0.241 e. The number of carbonyl (C=O) groups is 2. The van der Waals surface area contributed by atoms with E-state index in [1.165, 1.54) is 38.3 Å². The predicted octanol–water partition coefficient (Wildman–Crippen LogP) is 1.25. The third-order valence-corrected chi connectivity index (χ3v) is 4.99. The normalized spacial score (nSPS) is 10.9. The van der Waals surface area contributed by atoms with Gasteiger partial charge in [-0.3, -0.25) is 9.59 Å². The molecule has 0 aliphatic rings. The Morgan fingerprint density at radius 1 is 1.04 bits per heavy atom. The van der Waals surface area contributed by atoms with E-state index in [9.17, 15) is 18.0 Å². The van der Waals surface area contributed by atoms with Crippen molar-refractivity contribution in [1.82, 2.24) is 10.0 Å². The lowest BCUT2D eigenvalue weighted by molar-refractivity contribution is -0.120. The Balaban J connectivity index is 1.90. The van der Waals surface area contributed by atoms with E-state index in [0.29, 0.717) is 11.4 Å². The van der Waals surface area contributed by atoms with Crippen LogP contribution in [0.25, 0.3) is 0 Å². The van der Waals surface area contributed by atoms with Gasteiger partial charge in [-0.2, -0.15) is 0 Å². The standard InChI is InChI=1S/C18H21N3O5S/c1-13(22)21-15-7-9-16(10-8-15)27(24,25)20-12-18(23)19-11-14-5-3-4-6-17(14)26-2/h3-10,20H,11-12H2,1-2H3,(H,19,23)(H,21,22). The smallest absolute Gasteiger partial charge is 0.241 e. The fourth-order valence-electron chi connectivity index (χ4n) is 2.27. The minimum atomic E-state index is -3.84. The number of methoxy groups -OCH3 is 1. The number of rotatable bonds is 8. The third-order valence-electron chi connectivity index (χ3n) is 3.58. The minimum absolute atomic E-state index is 0.00543. The highest BCUT2D eigenvalue weighted by molar-refractivity contribution is 7.89. The Kier molecular flexibility index (Phi) is 6.91. The van der Waals surface area contributed by atoms with Crippen LogP contribution in [0.4, 0.5) is 5.69 Å². The lowest BCUT2D eigenvalue weighted by atomic mass is 10.2. The molecule has 0 fully saturated rings. The summed E-state index contributed by atoms with van der Waals surface area (Å²) in [5.74, 6) is -0.0903. The lowest BCUT2D eigenvalue weighted by Crippen LogP contribution is -2.36. The Morgan fingerprint density at radius 3 is 2.33 bits per heavy atom. The highest BCUT2D eigenvalue weighted by Crippen LogP contribution is 2.16. The molecule has 8 nitrogen and oxygen atoms in total. The number of anilines is 1. The van der Waals surface area contributed by atoms with Crippen molar-refractivity contribution in [2.45, 2.75) is 18.4 Å². The zero-order valence-electron chi connectivity index (χ0n) is 15.0. The minimum Gasteiger partial charge on any atom is -0.496 e. The topological polar surface area (TPSA) is 114 Å². The predicted molar refractivity (Wildman–Crippen MR) is 101 cm³/mol. The maximum atomic E-state index is 12.2. The molecular formula is C18H21N3O5S. The SMILES string of the molecule is COc1ccccc1CNC(=O)CNS(=O)(=O)c1ccc(NC(C)=O)cc1. The second-order valence-electron chi connectivity index (χ2n) is 5.62. The van der Waals surface area contributed by atoms with Gasteiger partial charge in [-0.05, 0) is 30.3 Å². The fraction of sp³-hybridized carbons (Fsp3) is 0.222. The molecule has 2 aromatic rings. The number of carbonyl (C=O) groups excluding carboxylic acids is 2. The average Bonchev–Trinajstić information content (AvgIpc) is 2.65. The van der Waals surface area contributed by atoms with Gasteiger partial charge in [0.25, 0.3) is 0 Å². The monoisotopic (exact) mass is 391 g/mol. The first-order valence-electron chi connectivity index (χ1n) is 8.08. The average molecular weight is 391 g/mol. The first kappa shape index (κ1) is 20.4. The van der Waals surface area contributed by atoms with Crippen LogP contribution < -0.4 is 20.1 Å². The van der Waals surface area contributed by atoms with Gasteiger partial charge in [0.05, 0.1) is 18.6 Å². The van der Waals surface area contributed by atoms with Crippen LogP contribution in [0.5, 0.6) is 5.75 Å². The number of hydrogen-bond donors (Lipinski definition) is 3. The van der Waals surface area contributed by atoms with Crippen molar-refractivity contribution in [3.63, 3.8) is 0 Å². The first-order valence-corrected chi connectivity index (χ1v) is 9.56. The number of hydrogen-bond acceptors (Lipinski definition) is 5. The Bertz CT molecular complexity index is 911. The number of sulfonamides is 1. The summed E-state index contributed by atoms with van der Waals surface area (Å²) in [5.41, 5.74) is 1.26. The van der Waals surface area contributed by atoms with Crippen molar-refractivity contribution in [1.29, 1.82) is 0 Å². The summed E-state index contributed by atoms with van der Waals surface area (Å²) in [4.78, 5) is 22.9. The molecule has 0 aliphatic heterocycles. The van der Waals surface area contributed by atoms with Gasteiger partial charge in [0, 0.05) is 24.7 Å². The van der Waals surface area contributed by atoms with Gasteiger partial charge in [0.15, 0.2) is 0 Å². The van der Waals surface area contributed by atoms with Crippen molar-refractivity contribution in [3.05, 3.63) is 54.1 Å². The first-order chi connectivity index (χ1) is 12.8. The molecule has 0 saturated heterocycles. The van der Waals surface area contributed by atoms with Crippen molar-refractivity contribution in [2.24, 2.45) is 0 Å². The molecule has 2 rings (SSSR count). The highest BCUT2D eigenvalue weighted by Gasteiger charge is 2.15. The number of nitrogens with one attached hydrogen (secondary N) is 3. The van der Waals surface area contributed by atoms with Crippen LogP contribution in [-0.2, 0) is 26.2 Å². The number of ether oxygens (including phenoxy) is 1. The van der Waals surface area contributed by atoms with E-state index in [-0.39, 0.29) is 17.3 Å². The van der Waals surface area contributed by atoms with Crippen LogP contribution in [0.3, 0.4) is 0 Å². The summed E-state index contributed by atoms with van der Waals surface area (Å²) >= 11 is 0. The number of amides is 2. The largest absolute Gasteiger partial charge is 0.496 e. The van der Waals surface area contributed by atoms with E-state index in [0.717, 1.165) is 5.56 Å². The molecule has 0 unspecified atom stereocenters. The van der Waals surface area contributed by atoms with Crippen LogP contribution in [0, 0.1) is 0 Å². The third kappa shape index (κ3) is 6.08. The molecule has 2 amide bonds. The van der Waals surface area contributed by atoms with E-state index in [1.54, 1.807) is 12.1 Å². The molecule has 0 bridgehead atoms. The van der Waals surface area contributed by atoms with Gasteiger partial charge in [-0.15, -0.1) is 0 Å². The molecule has 3 N–H and O–H groups in total. The van der Waals surface area contributed by atoms with E-state index in [1.807, 2.05) is 12.1 Å². The zero-order valence-corrected chi connectivity index (χ0v) is 15.8.